The van der Waals surface area contributed by atoms with Crippen LogP contribution in [0.3, 0.4) is 0 Å². The zero-order chi connectivity index (χ0) is 16.8. The van der Waals surface area contributed by atoms with E-state index in [0.717, 1.165) is 32.0 Å². The predicted octanol–water partition coefficient (Wildman–Crippen LogP) is 4.42. The lowest BCUT2D eigenvalue weighted by atomic mass is 9.80. The smallest absolute Gasteiger partial charge is 0.0522 e. The summed E-state index contributed by atoms with van der Waals surface area (Å²) in [7, 11) is 2.00. The normalized spacial score (nSPS) is 23.7. The Hall–Kier alpha value is -1.61. The van der Waals surface area contributed by atoms with Crippen LogP contribution in [0, 0.1) is 11.3 Å². The van der Waals surface area contributed by atoms with Gasteiger partial charge in [0.05, 0.1) is 12.8 Å². The van der Waals surface area contributed by atoms with Crippen molar-refractivity contribution in [1.82, 2.24) is 9.78 Å². The first-order valence-corrected chi connectivity index (χ1v) is 9.28. The summed E-state index contributed by atoms with van der Waals surface area (Å²) in [4.78, 5) is 0. The molecule has 0 bridgehead atoms. The maximum Gasteiger partial charge on any atom is 0.0522 e. The molecule has 2 atom stereocenters. The highest BCUT2D eigenvalue weighted by Crippen LogP contribution is 2.46. The molecule has 3 heteroatoms. The molecule has 0 amide bonds. The fraction of sp³-hybridized carbons (Fsp3) is 0.571. The molecule has 3 nitrogen and oxygen atoms in total. The van der Waals surface area contributed by atoms with E-state index in [1.807, 2.05) is 17.9 Å². The van der Waals surface area contributed by atoms with Crippen LogP contribution < -0.4 is 0 Å². The molecule has 1 unspecified atom stereocenters. The summed E-state index contributed by atoms with van der Waals surface area (Å²) in [5, 5.41) is 4.31. The van der Waals surface area contributed by atoms with Crippen molar-refractivity contribution in [2.24, 2.45) is 18.4 Å². The third kappa shape index (κ3) is 4.47. The number of hydrogen-bond acceptors (Lipinski definition) is 2. The van der Waals surface area contributed by atoms with Crippen molar-refractivity contribution in [3.63, 3.8) is 0 Å². The van der Waals surface area contributed by atoms with Gasteiger partial charge in [-0.25, -0.2) is 0 Å². The minimum Gasteiger partial charge on any atom is -0.381 e. The van der Waals surface area contributed by atoms with E-state index >= 15 is 0 Å². The fourth-order valence-corrected chi connectivity index (χ4v) is 4.21. The van der Waals surface area contributed by atoms with Crippen LogP contribution in [0.15, 0.2) is 42.7 Å². The van der Waals surface area contributed by atoms with E-state index in [-0.39, 0.29) is 0 Å². The first-order chi connectivity index (χ1) is 11.7. The van der Waals surface area contributed by atoms with Crippen molar-refractivity contribution in [3.8, 4) is 0 Å². The average molecular weight is 326 g/mol. The second-order valence-electron chi connectivity index (χ2n) is 7.46. The number of aromatic nitrogens is 2. The first-order valence-electron chi connectivity index (χ1n) is 9.28. The van der Waals surface area contributed by atoms with Crippen LogP contribution in [0.1, 0.15) is 43.7 Å². The summed E-state index contributed by atoms with van der Waals surface area (Å²) in [6.45, 7) is 3.84. The van der Waals surface area contributed by atoms with Crippen molar-refractivity contribution in [1.29, 1.82) is 0 Å². The van der Waals surface area contributed by atoms with Crippen LogP contribution in [0.4, 0.5) is 0 Å². The standard InChI is InChI=1S/C21H30N2O/c1-3-24-17-21(11-9-18-7-5-4-6-8-18)12-10-19(14-21)13-20-15-22-23(2)16-20/h4-8,15-16,19H,3,9-14,17H2,1-2H3/t19?,21-/m1/s1. The van der Waals surface area contributed by atoms with Gasteiger partial charge in [-0.05, 0) is 67.9 Å². The van der Waals surface area contributed by atoms with Gasteiger partial charge in [0, 0.05) is 19.9 Å². The van der Waals surface area contributed by atoms with Crippen LogP contribution in [-0.4, -0.2) is 23.0 Å². The van der Waals surface area contributed by atoms with Gasteiger partial charge in [-0.3, -0.25) is 4.68 Å². The minimum atomic E-state index is 0.360. The lowest BCUT2D eigenvalue weighted by Gasteiger charge is -2.29. The van der Waals surface area contributed by atoms with E-state index in [0.29, 0.717) is 5.41 Å². The van der Waals surface area contributed by atoms with Crippen LogP contribution in [0.5, 0.6) is 0 Å². The largest absolute Gasteiger partial charge is 0.381 e. The van der Waals surface area contributed by atoms with Crippen LogP contribution in [0.2, 0.25) is 0 Å². The van der Waals surface area contributed by atoms with Gasteiger partial charge < -0.3 is 4.74 Å². The lowest BCUT2D eigenvalue weighted by Crippen LogP contribution is -2.25. The monoisotopic (exact) mass is 326 g/mol. The van der Waals surface area contributed by atoms with E-state index in [2.05, 4.69) is 48.6 Å². The van der Waals surface area contributed by atoms with E-state index in [9.17, 15) is 0 Å². The lowest BCUT2D eigenvalue weighted by molar-refractivity contribution is 0.0460. The first kappa shape index (κ1) is 17.2. The molecule has 1 fully saturated rings. The zero-order valence-corrected chi connectivity index (χ0v) is 15.1. The molecule has 2 aromatic rings. The molecule has 1 aromatic carbocycles. The molecule has 3 rings (SSSR count). The molecule has 1 aromatic heterocycles. The van der Waals surface area contributed by atoms with Crippen LogP contribution in [-0.2, 0) is 24.6 Å². The number of benzene rings is 1. The molecule has 0 aliphatic heterocycles. The van der Waals surface area contributed by atoms with E-state index < -0.39 is 0 Å². The highest BCUT2D eigenvalue weighted by atomic mass is 16.5. The van der Waals surface area contributed by atoms with E-state index in [4.69, 9.17) is 4.74 Å². The molecule has 1 saturated carbocycles. The Labute approximate surface area is 146 Å². The molecular formula is C21H30N2O. The van der Waals surface area contributed by atoms with Crippen LogP contribution >= 0.6 is 0 Å². The maximum absolute atomic E-state index is 5.90. The van der Waals surface area contributed by atoms with Gasteiger partial charge in [-0.1, -0.05) is 30.3 Å². The Morgan fingerprint density at radius 3 is 2.79 bits per heavy atom. The number of aryl methyl sites for hydroxylation is 2. The Kier molecular flexibility index (Phi) is 5.72. The average Bonchev–Trinajstić information content (AvgIpc) is 3.19. The SMILES string of the molecule is CCOC[C@]1(CCc2ccccc2)CCC(Cc2cnn(C)c2)C1. The molecule has 0 saturated heterocycles. The second kappa shape index (κ2) is 7.98. The molecule has 1 heterocycles. The Balaban J connectivity index is 1.61. The highest BCUT2D eigenvalue weighted by Gasteiger charge is 2.38. The third-order valence-electron chi connectivity index (χ3n) is 5.49. The van der Waals surface area contributed by atoms with Crippen molar-refractivity contribution < 1.29 is 4.74 Å². The fourth-order valence-electron chi connectivity index (χ4n) is 4.21. The topological polar surface area (TPSA) is 27.1 Å². The number of ether oxygens (including phenoxy) is 1. The molecule has 1 aliphatic rings. The molecule has 0 radical (unpaired) electrons. The molecule has 0 spiro atoms. The van der Waals surface area contributed by atoms with Crippen molar-refractivity contribution >= 4 is 0 Å². The molecule has 1 aliphatic carbocycles. The minimum absolute atomic E-state index is 0.360. The summed E-state index contributed by atoms with van der Waals surface area (Å²) in [5.41, 5.74) is 3.18. The summed E-state index contributed by atoms with van der Waals surface area (Å²) in [6.07, 6.45) is 11.6. The number of hydrogen-bond donors (Lipinski definition) is 0. The Morgan fingerprint density at radius 2 is 2.08 bits per heavy atom. The summed E-state index contributed by atoms with van der Waals surface area (Å²) in [6, 6.07) is 10.9. The van der Waals surface area contributed by atoms with Gasteiger partial charge in [0.15, 0.2) is 0 Å². The molecule has 24 heavy (non-hydrogen) atoms. The van der Waals surface area contributed by atoms with Crippen LogP contribution in [0.25, 0.3) is 0 Å². The summed E-state index contributed by atoms with van der Waals surface area (Å²) < 4.78 is 7.81. The van der Waals surface area contributed by atoms with Gasteiger partial charge in [0.1, 0.15) is 0 Å². The highest BCUT2D eigenvalue weighted by molar-refractivity contribution is 5.15. The summed E-state index contributed by atoms with van der Waals surface area (Å²) >= 11 is 0. The maximum atomic E-state index is 5.90. The van der Waals surface area contributed by atoms with Gasteiger partial charge >= 0.3 is 0 Å². The van der Waals surface area contributed by atoms with Crippen molar-refractivity contribution in [2.75, 3.05) is 13.2 Å². The third-order valence-corrected chi connectivity index (χ3v) is 5.49. The number of nitrogens with zero attached hydrogens (tertiary/aromatic N) is 2. The Morgan fingerprint density at radius 1 is 1.25 bits per heavy atom. The van der Waals surface area contributed by atoms with Gasteiger partial charge in [0.2, 0.25) is 0 Å². The summed E-state index contributed by atoms with van der Waals surface area (Å²) in [5.74, 6) is 0.769. The van der Waals surface area contributed by atoms with Gasteiger partial charge in [-0.2, -0.15) is 5.10 Å². The number of rotatable bonds is 8. The van der Waals surface area contributed by atoms with Gasteiger partial charge in [-0.15, -0.1) is 0 Å². The molecule has 0 N–H and O–H groups in total. The molecular weight excluding hydrogens is 296 g/mol. The van der Waals surface area contributed by atoms with Gasteiger partial charge in [0.25, 0.3) is 0 Å². The van der Waals surface area contributed by atoms with Crippen molar-refractivity contribution in [3.05, 3.63) is 53.9 Å². The predicted molar refractivity (Wildman–Crippen MR) is 97.9 cm³/mol. The zero-order valence-electron chi connectivity index (χ0n) is 15.1. The quantitative estimate of drug-likeness (QED) is 0.718. The second-order valence-corrected chi connectivity index (χ2v) is 7.46. The Bertz CT molecular complexity index is 622. The van der Waals surface area contributed by atoms with E-state index in [1.54, 1.807) is 0 Å². The molecule has 130 valence electrons. The van der Waals surface area contributed by atoms with E-state index in [1.165, 1.54) is 36.8 Å². The van der Waals surface area contributed by atoms with Crippen molar-refractivity contribution in [2.45, 2.75) is 45.4 Å².